The summed E-state index contributed by atoms with van der Waals surface area (Å²) in [6.07, 6.45) is 0.952. The molecule has 3 rings (SSSR count). The van der Waals surface area contributed by atoms with Crippen molar-refractivity contribution in [2.75, 3.05) is 18.5 Å². The summed E-state index contributed by atoms with van der Waals surface area (Å²) in [5.74, 6) is 2.26. The first-order valence-electron chi connectivity index (χ1n) is 8.87. The fraction of sp³-hybridized carbons (Fsp3) is 0.238. The fourth-order valence-electron chi connectivity index (χ4n) is 2.45. The maximum Gasteiger partial charge on any atom is 0.236 e. The summed E-state index contributed by atoms with van der Waals surface area (Å²) >= 11 is 0. The fourth-order valence-corrected chi connectivity index (χ4v) is 2.45. The standard InChI is InChI=1S/C21H21N3O3/c1-3-13-26-18-9-5-15(6-10-18)20-24-19(14-22)21(27-20)23-16-7-11-17(12-8-16)25-4-2/h5-12,23H,3-4,13H2,1-2H3. The zero-order valence-corrected chi connectivity index (χ0v) is 15.4. The van der Waals surface area contributed by atoms with Crippen LogP contribution in [0.1, 0.15) is 26.0 Å². The number of ether oxygens (including phenoxy) is 2. The summed E-state index contributed by atoms with van der Waals surface area (Å²) in [4.78, 5) is 4.28. The van der Waals surface area contributed by atoms with Crippen molar-refractivity contribution in [1.82, 2.24) is 4.98 Å². The topological polar surface area (TPSA) is 80.3 Å². The maximum absolute atomic E-state index is 9.36. The van der Waals surface area contributed by atoms with Gasteiger partial charge in [0.25, 0.3) is 0 Å². The van der Waals surface area contributed by atoms with Gasteiger partial charge in [-0.25, -0.2) is 0 Å². The summed E-state index contributed by atoms with van der Waals surface area (Å²) in [6, 6.07) is 16.9. The third-order valence-corrected chi connectivity index (χ3v) is 3.73. The molecule has 0 aliphatic heterocycles. The average Bonchev–Trinajstić information content (AvgIpc) is 3.11. The van der Waals surface area contributed by atoms with Crippen LogP contribution in [0.3, 0.4) is 0 Å². The molecule has 138 valence electrons. The Labute approximate surface area is 158 Å². The second-order valence-corrected chi connectivity index (χ2v) is 5.76. The molecule has 0 atom stereocenters. The van der Waals surface area contributed by atoms with Crippen LogP contribution in [0.5, 0.6) is 11.5 Å². The van der Waals surface area contributed by atoms with Gasteiger partial charge in [-0.2, -0.15) is 10.2 Å². The van der Waals surface area contributed by atoms with Gasteiger partial charge in [0.15, 0.2) is 0 Å². The second-order valence-electron chi connectivity index (χ2n) is 5.76. The minimum atomic E-state index is 0.199. The zero-order chi connectivity index (χ0) is 19.1. The molecule has 0 radical (unpaired) electrons. The lowest BCUT2D eigenvalue weighted by Gasteiger charge is -2.06. The maximum atomic E-state index is 9.36. The molecule has 0 spiro atoms. The molecule has 6 nitrogen and oxygen atoms in total. The highest BCUT2D eigenvalue weighted by molar-refractivity contribution is 5.64. The highest BCUT2D eigenvalue weighted by Crippen LogP contribution is 2.29. The number of nitriles is 1. The average molecular weight is 363 g/mol. The molecule has 0 saturated carbocycles. The van der Waals surface area contributed by atoms with Gasteiger partial charge in [0.1, 0.15) is 17.6 Å². The Balaban J connectivity index is 1.78. The number of benzene rings is 2. The van der Waals surface area contributed by atoms with Crippen LogP contribution >= 0.6 is 0 Å². The van der Waals surface area contributed by atoms with Crippen LogP contribution < -0.4 is 14.8 Å². The van der Waals surface area contributed by atoms with E-state index in [0.717, 1.165) is 29.2 Å². The van der Waals surface area contributed by atoms with Crippen molar-refractivity contribution in [3.05, 3.63) is 54.2 Å². The number of hydrogen-bond acceptors (Lipinski definition) is 6. The minimum Gasteiger partial charge on any atom is -0.494 e. The van der Waals surface area contributed by atoms with Crippen LogP contribution in [0.2, 0.25) is 0 Å². The minimum absolute atomic E-state index is 0.199. The van der Waals surface area contributed by atoms with Crippen molar-refractivity contribution in [2.45, 2.75) is 20.3 Å². The van der Waals surface area contributed by atoms with Gasteiger partial charge in [-0.3, -0.25) is 0 Å². The first kappa shape index (κ1) is 18.3. The Morgan fingerprint density at radius 1 is 1.00 bits per heavy atom. The lowest BCUT2D eigenvalue weighted by molar-refractivity contribution is 0.317. The molecule has 0 fully saturated rings. The molecule has 0 bridgehead atoms. The number of hydrogen-bond donors (Lipinski definition) is 1. The van der Waals surface area contributed by atoms with E-state index in [0.29, 0.717) is 25.0 Å². The highest BCUT2D eigenvalue weighted by Gasteiger charge is 2.15. The van der Waals surface area contributed by atoms with Crippen molar-refractivity contribution in [2.24, 2.45) is 0 Å². The van der Waals surface area contributed by atoms with E-state index in [-0.39, 0.29) is 5.69 Å². The SMILES string of the molecule is CCCOc1ccc(-c2nc(C#N)c(Nc3ccc(OCC)cc3)o2)cc1. The van der Waals surface area contributed by atoms with Crippen molar-refractivity contribution in [3.63, 3.8) is 0 Å². The summed E-state index contributed by atoms with van der Waals surface area (Å²) in [5, 5.41) is 12.4. The van der Waals surface area contributed by atoms with E-state index >= 15 is 0 Å². The molecule has 6 heteroatoms. The van der Waals surface area contributed by atoms with Gasteiger partial charge in [0, 0.05) is 11.3 Å². The molecule has 0 unspecified atom stereocenters. The van der Waals surface area contributed by atoms with E-state index in [4.69, 9.17) is 13.9 Å². The molecule has 0 aliphatic carbocycles. The zero-order valence-electron chi connectivity index (χ0n) is 15.4. The van der Waals surface area contributed by atoms with Gasteiger partial charge < -0.3 is 19.2 Å². The van der Waals surface area contributed by atoms with E-state index in [9.17, 15) is 5.26 Å². The van der Waals surface area contributed by atoms with Crippen molar-refractivity contribution in [3.8, 4) is 29.0 Å². The van der Waals surface area contributed by atoms with E-state index < -0.39 is 0 Å². The molecule has 1 N–H and O–H groups in total. The predicted octanol–water partition coefficient (Wildman–Crippen LogP) is 5.14. The molecular formula is C21H21N3O3. The van der Waals surface area contributed by atoms with E-state index in [1.165, 1.54) is 0 Å². The Kier molecular flexibility index (Phi) is 5.95. The third-order valence-electron chi connectivity index (χ3n) is 3.73. The second kappa shape index (κ2) is 8.77. The Morgan fingerprint density at radius 2 is 1.67 bits per heavy atom. The summed E-state index contributed by atoms with van der Waals surface area (Å²) in [7, 11) is 0. The van der Waals surface area contributed by atoms with Crippen molar-refractivity contribution < 1.29 is 13.9 Å². The predicted molar refractivity (Wildman–Crippen MR) is 103 cm³/mol. The van der Waals surface area contributed by atoms with Gasteiger partial charge in [0.05, 0.1) is 13.2 Å². The quantitative estimate of drug-likeness (QED) is 0.596. The van der Waals surface area contributed by atoms with Crippen LogP contribution in [0.15, 0.2) is 52.9 Å². The number of anilines is 2. The molecular weight excluding hydrogens is 342 g/mol. The number of nitrogens with one attached hydrogen (secondary N) is 1. The largest absolute Gasteiger partial charge is 0.494 e. The molecule has 0 saturated heterocycles. The van der Waals surface area contributed by atoms with Gasteiger partial charge in [-0.15, -0.1) is 0 Å². The van der Waals surface area contributed by atoms with Crippen molar-refractivity contribution in [1.29, 1.82) is 5.26 Å². The molecule has 0 aliphatic rings. The number of aromatic nitrogens is 1. The van der Waals surface area contributed by atoms with Crippen LogP contribution in [0, 0.1) is 11.3 Å². The molecule has 2 aromatic carbocycles. The van der Waals surface area contributed by atoms with Gasteiger partial charge in [-0.05, 0) is 61.9 Å². The first-order chi connectivity index (χ1) is 13.2. The lowest BCUT2D eigenvalue weighted by Crippen LogP contribution is -1.94. The van der Waals surface area contributed by atoms with Crippen LogP contribution in [-0.4, -0.2) is 18.2 Å². The number of nitrogens with zero attached hydrogens (tertiary/aromatic N) is 2. The molecule has 3 aromatic rings. The highest BCUT2D eigenvalue weighted by atomic mass is 16.5. The number of oxazole rings is 1. The third kappa shape index (κ3) is 4.59. The molecule has 27 heavy (non-hydrogen) atoms. The lowest BCUT2D eigenvalue weighted by atomic mass is 10.2. The monoisotopic (exact) mass is 363 g/mol. The first-order valence-corrected chi connectivity index (χ1v) is 8.87. The van der Waals surface area contributed by atoms with E-state index in [2.05, 4.69) is 23.3 Å². The summed E-state index contributed by atoms with van der Waals surface area (Å²) in [5.41, 5.74) is 1.75. The van der Waals surface area contributed by atoms with Crippen LogP contribution in [0.25, 0.3) is 11.5 Å². The van der Waals surface area contributed by atoms with Crippen LogP contribution in [0.4, 0.5) is 11.6 Å². The summed E-state index contributed by atoms with van der Waals surface area (Å²) in [6.45, 7) is 5.28. The van der Waals surface area contributed by atoms with E-state index in [1.807, 2.05) is 55.5 Å². The molecule has 0 amide bonds. The van der Waals surface area contributed by atoms with Gasteiger partial charge >= 0.3 is 0 Å². The Hall–Kier alpha value is -3.46. The molecule has 1 heterocycles. The van der Waals surface area contributed by atoms with E-state index in [1.54, 1.807) is 0 Å². The molecule has 1 aromatic heterocycles. The smallest absolute Gasteiger partial charge is 0.236 e. The van der Waals surface area contributed by atoms with Crippen molar-refractivity contribution >= 4 is 11.6 Å². The Morgan fingerprint density at radius 3 is 2.30 bits per heavy atom. The van der Waals surface area contributed by atoms with Gasteiger partial charge in [0.2, 0.25) is 17.5 Å². The number of rotatable bonds is 8. The normalized spacial score (nSPS) is 10.3. The van der Waals surface area contributed by atoms with Gasteiger partial charge in [-0.1, -0.05) is 6.92 Å². The Bertz CT molecular complexity index is 909. The summed E-state index contributed by atoms with van der Waals surface area (Å²) < 4.78 is 16.8. The van der Waals surface area contributed by atoms with Crippen LogP contribution in [-0.2, 0) is 0 Å².